The number of halogens is 2. The fourth-order valence-electron chi connectivity index (χ4n) is 3.50. The van der Waals surface area contributed by atoms with Crippen molar-refractivity contribution in [1.82, 2.24) is 20.1 Å². The second-order valence-electron chi connectivity index (χ2n) is 7.88. The number of aliphatic hydroxyl groups excluding tert-OH is 1. The van der Waals surface area contributed by atoms with Gasteiger partial charge in [0.1, 0.15) is 11.4 Å². The van der Waals surface area contributed by atoms with Crippen molar-refractivity contribution in [2.24, 2.45) is 0 Å². The number of nitrogens with zero attached hydrogens (tertiary/aromatic N) is 4. The molecule has 3 N–H and O–H groups in total. The Morgan fingerprint density at radius 2 is 1.86 bits per heavy atom. The van der Waals surface area contributed by atoms with Crippen LogP contribution in [0.5, 0.6) is 0 Å². The minimum Gasteiger partial charge on any atom is -0.394 e. The van der Waals surface area contributed by atoms with Gasteiger partial charge in [-0.2, -0.15) is 9.97 Å². The van der Waals surface area contributed by atoms with Crippen molar-refractivity contribution in [2.45, 2.75) is 24.3 Å². The highest BCUT2D eigenvalue weighted by Gasteiger charge is 2.22. The minimum absolute atomic E-state index is 0.117. The summed E-state index contributed by atoms with van der Waals surface area (Å²) in [6, 6.07) is 13.1. The SMILES string of the molecule is Cc1cc(Nc2ncc(-c3nc(C(F)F)no3)c(N[C@H](CO)c3ccccc3)n2)ccc1S(C)(=O)=O. The summed E-state index contributed by atoms with van der Waals surface area (Å²) in [6.07, 6.45) is -0.477. The Bertz CT molecular complexity index is 1460. The van der Waals surface area contributed by atoms with Gasteiger partial charge in [0.15, 0.2) is 9.84 Å². The van der Waals surface area contributed by atoms with Gasteiger partial charge in [-0.25, -0.2) is 22.2 Å². The molecule has 2 aromatic heterocycles. The lowest BCUT2D eigenvalue weighted by molar-refractivity contribution is 0.136. The normalized spacial score (nSPS) is 12.5. The van der Waals surface area contributed by atoms with Crippen molar-refractivity contribution in [3.8, 4) is 11.5 Å². The van der Waals surface area contributed by atoms with Crippen LogP contribution in [0.25, 0.3) is 11.5 Å². The number of hydrogen-bond acceptors (Lipinski definition) is 10. The zero-order valence-electron chi connectivity index (χ0n) is 19.2. The summed E-state index contributed by atoms with van der Waals surface area (Å²) in [6.45, 7) is 1.37. The van der Waals surface area contributed by atoms with E-state index in [4.69, 9.17) is 4.52 Å². The molecule has 0 saturated heterocycles. The van der Waals surface area contributed by atoms with Gasteiger partial charge in [-0.05, 0) is 36.2 Å². The van der Waals surface area contributed by atoms with E-state index in [1.54, 1.807) is 19.1 Å². The molecule has 0 bridgehead atoms. The van der Waals surface area contributed by atoms with E-state index in [1.165, 1.54) is 12.3 Å². The molecule has 0 radical (unpaired) electrons. The third-order valence-electron chi connectivity index (χ3n) is 5.18. The van der Waals surface area contributed by atoms with E-state index in [1.807, 2.05) is 30.3 Å². The standard InChI is InChI=1S/C23H22F2N6O4S/c1-13-10-15(8-9-18(13)36(2,33)34)27-23-26-11-16(22-29-21(19(24)25)31-35-22)20(30-23)28-17(12-32)14-6-4-3-5-7-14/h3-11,17,19,32H,12H2,1-2H3,(H2,26,27,28,30)/t17-/m1/s1. The lowest BCUT2D eigenvalue weighted by atomic mass is 10.1. The molecule has 4 aromatic rings. The summed E-state index contributed by atoms with van der Waals surface area (Å²) in [5, 5.41) is 19.3. The van der Waals surface area contributed by atoms with Gasteiger partial charge < -0.3 is 20.3 Å². The van der Waals surface area contributed by atoms with Gasteiger partial charge in [0.05, 0.1) is 17.5 Å². The largest absolute Gasteiger partial charge is 0.394 e. The quantitative estimate of drug-likeness (QED) is 0.298. The Hall–Kier alpha value is -3.97. The van der Waals surface area contributed by atoms with E-state index in [0.717, 1.165) is 11.8 Å². The minimum atomic E-state index is -3.38. The van der Waals surface area contributed by atoms with Crippen molar-refractivity contribution in [2.75, 3.05) is 23.5 Å². The first-order valence-corrected chi connectivity index (χ1v) is 12.5. The zero-order chi connectivity index (χ0) is 25.9. The molecule has 188 valence electrons. The third-order valence-corrected chi connectivity index (χ3v) is 6.44. The maximum atomic E-state index is 13.0. The first kappa shape index (κ1) is 25.1. The summed E-state index contributed by atoms with van der Waals surface area (Å²) in [7, 11) is -3.38. The van der Waals surface area contributed by atoms with Crippen molar-refractivity contribution in [3.05, 3.63) is 71.7 Å². The lowest BCUT2D eigenvalue weighted by Gasteiger charge is -2.19. The Labute approximate surface area is 205 Å². The van der Waals surface area contributed by atoms with Crippen LogP contribution in [0.3, 0.4) is 0 Å². The second kappa shape index (κ2) is 10.3. The van der Waals surface area contributed by atoms with Crippen molar-refractivity contribution < 1.29 is 26.8 Å². The highest BCUT2D eigenvalue weighted by molar-refractivity contribution is 7.90. The van der Waals surface area contributed by atoms with Gasteiger partial charge in [-0.1, -0.05) is 35.5 Å². The maximum absolute atomic E-state index is 13.0. The Morgan fingerprint density at radius 3 is 2.47 bits per heavy atom. The molecule has 0 saturated carbocycles. The fraction of sp³-hybridized carbons (Fsp3) is 0.217. The fourth-order valence-corrected chi connectivity index (χ4v) is 4.46. The van der Waals surface area contributed by atoms with Crippen molar-refractivity contribution in [1.29, 1.82) is 0 Å². The molecule has 0 aliphatic carbocycles. The predicted molar refractivity (Wildman–Crippen MR) is 128 cm³/mol. The van der Waals surface area contributed by atoms with E-state index < -0.39 is 28.1 Å². The van der Waals surface area contributed by atoms with Crippen LogP contribution in [-0.4, -0.2) is 46.5 Å². The van der Waals surface area contributed by atoms with Crippen LogP contribution in [0.4, 0.5) is 26.2 Å². The molecule has 13 heteroatoms. The Morgan fingerprint density at radius 1 is 1.11 bits per heavy atom. The number of aryl methyl sites for hydroxylation is 1. The lowest BCUT2D eigenvalue weighted by Crippen LogP contribution is -2.17. The molecule has 0 fully saturated rings. The summed E-state index contributed by atoms with van der Waals surface area (Å²) in [5.41, 5.74) is 1.97. The van der Waals surface area contributed by atoms with Gasteiger partial charge in [0.25, 0.3) is 5.89 Å². The van der Waals surface area contributed by atoms with Crippen LogP contribution in [0, 0.1) is 6.92 Å². The molecule has 0 amide bonds. The summed E-state index contributed by atoms with van der Waals surface area (Å²) in [5.74, 6) is -0.741. The molecule has 0 unspecified atom stereocenters. The molecule has 0 spiro atoms. The highest BCUT2D eigenvalue weighted by Crippen LogP contribution is 2.31. The van der Waals surface area contributed by atoms with Gasteiger partial charge >= 0.3 is 6.43 Å². The summed E-state index contributed by atoms with van der Waals surface area (Å²) >= 11 is 0. The van der Waals surface area contributed by atoms with E-state index in [0.29, 0.717) is 11.3 Å². The van der Waals surface area contributed by atoms with Crippen LogP contribution in [0.2, 0.25) is 0 Å². The third kappa shape index (κ3) is 5.63. The molecule has 0 aliphatic heterocycles. The van der Waals surface area contributed by atoms with Crippen LogP contribution in [-0.2, 0) is 9.84 Å². The first-order valence-electron chi connectivity index (χ1n) is 10.6. The second-order valence-corrected chi connectivity index (χ2v) is 9.87. The highest BCUT2D eigenvalue weighted by atomic mass is 32.2. The topological polar surface area (TPSA) is 143 Å². The molecular formula is C23H22F2N6O4S. The monoisotopic (exact) mass is 516 g/mol. The average Bonchev–Trinajstić information content (AvgIpc) is 3.33. The number of aromatic nitrogens is 4. The number of rotatable bonds is 9. The summed E-state index contributed by atoms with van der Waals surface area (Å²) in [4.78, 5) is 12.6. The number of hydrogen-bond donors (Lipinski definition) is 3. The van der Waals surface area contributed by atoms with Crippen LogP contribution < -0.4 is 10.6 Å². The van der Waals surface area contributed by atoms with E-state index >= 15 is 0 Å². The van der Waals surface area contributed by atoms with Crippen LogP contribution >= 0.6 is 0 Å². The smallest absolute Gasteiger partial charge is 0.300 e. The van der Waals surface area contributed by atoms with E-state index in [2.05, 4.69) is 30.7 Å². The van der Waals surface area contributed by atoms with E-state index in [-0.39, 0.29) is 34.7 Å². The number of anilines is 3. The Kier molecular flexibility index (Phi) is 7.22. The van der Waals surface area contributed by atoms with Gasteiger partial charge in [-0.3, -0.25) is 0 Å². The number of nitrogens with one attached hydrogen (secondary N) is 2. The zero-order valence-corrected chi connectivity index (χ0v) is 20.0. The molecule has 10 nitrogen and oxygen atoms in total. The first-order chi connectivity index (χ1) is 17.2. The number of sulfone groups is 1. The van der Waals surface area contributed by atoms with Gasteiger partial charge in [0, 0.05) is 18.1 Å². The van der Waals surface area contributed by atoms with E-state index in [9.17, 15) is 22.3 Å². The summed E-state index contributed by atoms with van der Waals surface area (Å²) < 4.78 is 54.8. The number of alkyl halides is 2. The predicted octanol–water partition coefficient (Wildman–Crippen LogP) is 4.07. The van der Waals surface area contributed by atoms with Gasteiger partial charge in [-0.15, -0.1) is 0 Å². The molecule has 2 aromatic carbocycles. The number of benzene rings is 2. The molecule has 4 rings (SSSR count). The van der Waals surface area contributed by atoms with Gasteiger partial charge in [0.2, 0.25) is 11.8 Å². The van der Waals surface area contributed by atoms with Crippen molar-refractivity contribution in [3.63, 3.8) is 0 Å². The molecule has 1 atom stereocenters. The van der Waals surface area contributed by atoms with Crippen LogP contribution in [0.1, 0.15) is 29.4 Å². The molecule has 2 heterocycles. The number of aliphatic hydroxyl groups is 1. The van der Waals surface area contributed by atoms with Crippen molar-refractivity contribution >= 4 is 27.3 Å². The average molecular weight is 517 g/mol. The van der Waals surface area contributed by atoms with Crippen LogP contribution in [0.15, 0.2) is 64.1 Å². The molecule has 36 heavy (non-hydrogen) atoms. The molecular weight excluding hydrogens is 494 g/mol. The Balaban J connectivity index is 1.71. The molecule has 0 aliphatic rings. The maximum Gasteiger partial charge on any atom is 0.300 e.